The summed E-state index contributed by atoms with van der Waals surface area (Å²) in [7, 11) is 0. The van der Waals surface area contributed by atoms with Crippen LogP contribution in [0.3, 0.4) is 0 Å². The molecule has 0 unspecified atom stereocenters. The average Bonchev–Trinajstić information content (AvgIpc) is 2.50. The summed E-state index contributed by atoms with van der Waals surface area (Å²) in [5.41, 5.74) is 2.79. The zero-order valence-electron chi connectivity index (χ0n) is 11.6. The molecule has 1 aromatic carbocycles. The predicted molar refractivity (Wildman–Crippen MR) is 85.0 cm³/mol. The van der Waals surface area contributed by atoms with E-state index in [4.69, 9.17) is 27.9 Å². The molecule has 0 spiro atoms. The van der Waals surface area contributed by atoms with Gasteiger partial charge in [0.2, 0.25) is 0 Å². The van der Waals surface area contributed by atoms with E-state index >= 15 is 0 Å². The molecule has 0 fully saturated rings. The number of aromatic nitrogens is 2. The van der Waals surface area contributed by atoms with Gasteiger partial charge in [-0.25, -0.2) is 9.97 Å². The lowest BCUT2D eigenvalue weighted by Gasteiger charge is -2.20. The van der Waals surface area contributed by atoms with E-state index in [-0.39, 0.29) is 0 Å². The van der Waals surface area contributed by atoms with Crippen LogP contribution in [0.1, 0.15) is 18.2 Å². The molecule has 2 aromatic rings. The maximum absolute atomic E-state index is 6.28. The Bertz CT molecular complexity index is 676. The Hall–Kier alpha value is -1.36. The van der Waals surface area contributed by atoms with E-state index < -0.39 is 0 Å². The van der Waals surface area contributed by atoms with Crippen LogP contribution in [0.4, 0.5) is 5.82 Å². The Labute approximate surface area is 133 Å². The van der Waals surface area contributed by atoms with Crippen molar-refractivity contribution < 1.29 is 4.74 Å². The molecule has 0 atom stereocenters. The van der Waals surface area contributed by atoms with Crippen LogP contribution < -0.4 is 5.32 Å². The molecule has 1 aromatic heterocycles. The first-order valence-electron chi connectivity index (χ1n) is 6.86. The normalized spacial score (nSPS) is 13.9. The number of fused-ring (bicyclic) bond motifs is 1. The van der Waals surface area contributed by atoms with Crippen molar-refractivity contribution in [2.24, 2.45) is 0 Å². The molecule has 1 N–H and O–H groups in total. The van der Waals surface area contributed by atoms with Gasteiger partial charge in [-0.15, -0.1) is 0 Å². The van der Waals surface area contributed by atoms with E-state index in [9.17, 15) is 0 Å². The fraction of sp³-hybridized carbons (Fsp3) is 0.333. The van der Waals surface area contributed by atoms with Crippen molar-refractivity contribution in [1.29, 1.82) is 0 Å². The highest BCUT2D eigenvalue weighted by atomic mass is 35.5. The minimum absolute atomic E-state index is 0.480. The van der Waals surface area contributed by atoms with Crippen LogP contribution in [0.15, 0.2) is 18.2 Å². The lowest BCUT2D eigenvalue weighted by atomic mass is 10.1. The van der Waals surface area contributed by atoms with Gasteiger partial charge in [0.15, 0.2) is 5.82 Å². The number of hydrogen-bond acceptors (Lipinski definition) is 4. The Kier molecular flexibility index (Phi) is 4.29. The third-order valence-electron chi connectivity index (χ3n) is 3.36. The third-order valence-corrected chi connectivity index (χ3v) is 4.18. The first-order valence-corrected chi connectivity index (χ1v) is 7.62. The molecule has 6 heteroatoms. The lowest BCUT2D eigenvalue weighted by molar-refractivity contribution is 0.109. The summed E-state index contributed by atoms with van der Waals surface area (Å²) in [5, 5.41) is 4.26. The summed E-state index contributed by atoms with van der Waals surface area (Å²) in [4.78, 5) is 9.26. The van der Waals surface area contributed by atoms with E-state index in [1.54, 1.807) is 6.07 Å². The quantitative estimate of drug-likeness (QED) is 0.928. The van der Waals surface area contributed by atoms with Gasteiger partial charge in [-0.3, -0.25) is 0 Å². The molecular weight excluding hydrogens is 309 g/mol. The van der Waals surface area contributed by atoms with Crippen molar-refractivity contribution in [2.75, 3.05) is 18.5 Å². The second-order valence-corrected chi connectivity index (χ2v) is 5.54. The molecule has 0 saturated heterocycles. The summed E-state index contributed by atoms with van der Waals surface area (Å²) in [6.07, 6.45) is 0.779. The number of hydrogen-bond donors (Lipinski definition) is 1. The van der Waals surface area contributed by atoms with Crippen molar-refractivity contribution in [1.82, 2.24) is 9.97 Å². The molecule has 0 bridgehead atoms. The summed E-state index contributed by atoms with van der Waals surface area (Å²) < 4.78 is 5.50. The van der Waals surface area contributed by atoms with Crippen molar-refractivity contribution in [3.8, 4) is 11.4 Å². The van der Waals surface area contributed by atoms with Crippen molar-refractivity contribution in [3.05, 3.63) is 39.5 Å². The number of nitrogens with zero attached hydrogens (tertiary/aromatic N) is 2. The number of ether oxygens (including phenoxy) is 1. The smallest absolute Gasteiger partial charge is 0.163 e. The van der Waals surface area contributed by atoms with Crippen LogP contribution >= 0.6 is 23.2 Å². The number of rotatable bonds is 3. The maximum Gasteiger partial charge on any atom is 0.163 e. The van der Waals surface area contributed by atoms with Gasteiger partial charge in [-0.1, -0.05) is 29.3 Å². The summed E-state index contributed by atoms with van der Waals surface area (Å²) >= 11 is 12.4. The van der Waals surface area contributed by atoms with E-state index in [0.717, 1.165) is 35.6 Å². The largest absolute Gasteiger partial charge is 0.376 e. The summed E-state index contributed by atoms with van der Waals surface area (Å²) in [6.45, 7) is 4.04. The summed E-state index contributed by atoms with van der Waals surface area (Å²) in [6, 6.07) is 5.48. The molecule has 0 amide bonds. The van der Waals surface area contributed by atoms with Crippen molar-refractivity contribution in [3.63, 3.8) is 0 Å². The van der Waals surface area contributed by atoms with Gasteiger partial charge in [0.1, 0.15) is 5.82 Å². The maximum atomic E-state index is 6.28. The van der Waals surface area contributed by atoms with Gasteiger partial charge in [0.05, 0.1) is 29.0 Å². The van der Waals surface area contributed by atoms with Crippen LogP contribution in [-0.2, 0) is 17.8 Å². The van der Waals surface area contributed by atoms with Gasteiger partial charge in [-0.2, -0.15) is 0 Å². The molecule has 0 radical (unpaired) electrons. The SMILES string of the molecule is CCNc1nc(-c2cccc(Cl)c2Cl)nc2c1COCC2. The number of halogens is 2. The Balaban J connectivity index is 2.14. The number of nitrogens with one attached hydrogen (secondary N) is 1. The molecule has 3 rings (SSSR count). The van der Waals surface area contributed by atoms with Gasteiger partial charge in [-0.05, 0) is 19.1 Å². The van der Waals surface area contributed by atoms with Crippen LogP contribution in [0.25, 0.3) is 11.4 Å². The average molecular weight is 324 g/mol. The molecule has 110 valence electrons. The molecule has 21 heavy (non-hydrogen) atoms. The van der Waals surface area contributed by atoms with Crippen LogP contribution in [-0.4, -0.2) is 23.1 Å². The predicted octanol–water partition coefficient (Wildman–Crippen LogP) is 3.95. The number of benzene rings is 1. The van der Waals surface area contributed by atoms with Crippen molar-refractivity contribution in [2.45, 2.75) is 20.0 Å². The minimum Gasteiger partial charge on any atom is -0.376 e. The monoisotopic (exact) mass is 323 g/mol. The highest BCUT2D eigenvalue weighted by molar-refractivity contribution is 6.43. The summed E-state index contributed by atoms with van der Waals surface area (Å²) in [5.74, 6) is 1.41. The van der Waals surface area contributed by atoms with E-state index in [0.29, 0.717) is 29.1 Å². The topological polar surface area (TPSA) is 47.0 Å². The van der Waals surface area contributed by atoms with Crippen molar-refractivity contribution >= 4 is 29.0 Å². The molecule has 2 heterocycles. The third kappa shape index (κ3) is 2.84. The van der Waals surface area contributed by atoms with Gasteiger partial charge >= 0.3 is 0 Å². The minimum atomic E-state index is 0.480. The Morgan fingerprint density at radius 1 is 1.29 bits per heavy atom. The zero-order valence-corrected chi connectivity index (χ0v) is 13.1. The van der Waals surface area contributed by atoms with Crippen LogP contribution in [0.2, 0.25) is 10.0 Å². The highest BCUT2D eigenvalue weighted by Gasteiger charge is 2.20. The first-order chi connectivity index (χ1) is 10.2. The second kappa shape index (κ2) is 6.18. The van der Waals surface area contributed by atoms with Crippen LogP contribution in [0.5, 0.6) is 0 Å². The molecule has 4 nitrogen and oxygen atoms in total. The van der Waals surface area contributed by atoms with Gasteiger partial charge in [0.25, 0.3) is 0 Å². The second-order valence-electron chi connectivity index (χ2n) is 4.76. The van der Waals surface area contributed by atoms with Gasteiger partial charge < -0.3 is 10.1 Å². The highest BCUT2D eigenvalue weighted by Crippen LogP contribution is 2.33. The number of anilines is 1. The molecule has 0 saturated carbocycles. The van der Waals surface area contributed by atoms with Gasteiger partial charge in [0, 0.05) is 24.1 Å². The fourth-order valence-corrected chi connectivity index (χ4v) is 2.73. The Morgan fingerprint density at radius 2 is 2.14 bits per heavy atom. The molecule has 1 aliphatic rings. The zero-order chi connectivity index (χ0) is 14.8. The van der Waals surface area contributed by atoms with E-state index in [2.05, 4.69) is 15.3 Å². The Morgan fingerprint density at radius 3 is 2.95 bits per heavy atom. The first kappa shape index (κ1) is 14.6. The van der Waals surface area contributed by atoms with E-state index in [1.807, 2.05) is 19.1 Å². The molecule has 1 aliphatic heterocycles. The standard InChI is InChI=1S/C15H15Cl2N3O/c1-2-18-14-10-8-21-7-6-12(10)19-15(20-14)9-4-3-5-11(16)13(9)17/h3-5H,2,6-8H2,1H3,(H,18,19,20). The van der Waals surface area contributed by atoms with E-state index in [1.165, 1.54) is 0 Å². The van der Waals surface area contributed by atoms with Crippen LogP contribution in [0, 0.1) is 0 Å². The fourth-order valence-electron chi connectivity index (χ4n) is 2.34. The lowest BCUT2D eigenvalue weighted by Crippen LogP contribution is -2.17. The molecule has 0 aliphatic carbocycles. The molecular formula is C15H15Cl2N3O.